The van der Waals surface area contributed by atoms with E-state index in [2.05, 4.69) is 0 Å². The third-order valence-corrected chi connectivity index (χ3v) is 1.41. The summed E-state index contributed by atoms with van der Waals surface area (Å²) < 4.78 is 92.5. The first-order valence-electron chi connectivity index (χ1n) is 2.92. The second kappa shape index (κ2) is 3.02. The number of rotatable bonds is 1. The van der Waals surface area contributed by atoms with Gasteiger partial charge in [0, 0.05) is 0 Å². The lowest BCUT2D eigenvalue weighted by Crippen LogP contribution is -2.46. The smallest absolute Gasteiger partial charge is 0.197 e. The van der Waals surface area contributed by atoms with Gasteiger partial charge in [-0.2, -0.15) is 35.1 Å². The molecular weight excluding hydrogens is 211 g/mol. The van der Waals surface area contributed by atoms with Gasteiger partial charge in [0.2, 0.25) is 0 Å². The largest absolute Gasteiger partial charge is 0.453 e. The van der Waals surface area contributed by atoms with Gasteiger partial charge in [0.25, 0.3) is 0 Å². The minimum Gasteiger partial charge on any atom is -0.197 e. The zero-order valence-corrected chi connectivity index (χ0v) is 6.10. The zero-order valence-electron chi connectivity index (χ0n) is 6.10. The van der Waals surface area contributed by atoms with Crippen molar-refractivity contribution >= 4 is 7.85 Å². The van der Waals surface area contributed by atoms with Gasteiger partial charge >= 0.3 is 18.3 Å². The average molecular weight is 214 g/mol. The van der Waals surface area contributed by atoms with Crippen molar-refractivity contribution in [3.05, 3.63) is 0 Å². The quantitative estimate of drug-likeness (QED) is 0.463. The molecule has 0 radical (unpaired) electrons. The summed E-state index contributed by atoms with van der Waals surface area (Å²) in [7, 11) is -0.215. The monoisotopic (exact) mass is 214 g/mol. The Kier molecular flexibility index (Phi) is 2.90. The lowest BCUT2D eigenvalue weighted by atomic mass is 9.80. The molecule has 0 fully saturated rings. The van der Waals surface area contributed by atoms with Gasteiger partial charge in [0.15, 0.2) is 0 Å². The topological polar surface area (TPSA) is 0 Å². The first-order valence-corrected chi connectivity index (χ1v) is 2.92. The Bertz CT molecular complexity index is 178. The van der Waals surface area contributed by atoms with Gasteiger partial charge in [0.05, 0.1) is 5.82 Å². The Hall–Kier alpha value is -0.495. The fraction of sp³-hybridized carbons (Fsp3) is 1.00. The van der Waals surface area contributed by atoms with Gasteiger partial charge in [-0.15, -0.1) is 0 Å². The molecule has 0 aliphatic rings. The summed E-state index contributed by atoms with van der Waals surface area (Å²) in [6.07, 6.45) is -11.7. The van der Waals surface area contributed by atoms with Crippen molar-refractivity contribution < 1.29 is 35.1 Å². The van der Waals surface area contributed by atoms with E-state index >= 15 is 0 Å². The van der Waals surface area contributed by atoms with Gasteiger partial charge in [-0.3, -0.25) is 0 Å². The average Bonchev–Trinajstić information content (AvgIpc) is 1.81. The van der Waals surface area contributed by atoms with Crippen LogP contribution in [0.5, 0.6) is 0 Å². The molecule has 78 valence electrons. The fourth-order valence-corrected chi connectivity index (χ4v) is 0.451. The van der Waals surface area contributed by atoms with Crippen LogP contribution in [0.15, 0.2) is 0 Å². The SMILES string of the molecule is BC(C(F)(F)F)C(F)(F)C(F)(F)F. The fourth-order valence-electron chi connectivity index (χ4n) is 0.451. The Morgan fingerprint density at radius 2 is 1.08 bits per heavy atom. The van der Waals surface area contributed by atoms with Crippen LogP contribution in [0.25, 0.3) is 0 Å². The first-order chi connectivity index (χ1) is 5.40. The normalized spacial score (nSPS) is 17.2. The van der Waals surface area contributed by atoms with Crippen LogP contribution in [-0.2, 0) is 0 Å². The molecule has 0 nitrogen and oxygen atoms in total. The molecule has 0 saturated heterocycles. The number of alkyl halides is 8. The highest BCUT2D eigenvalue weighted by molar-refractivity contribution is 6.13. The van der Waals surface area contributed by atoms with Crippen LogP contribution in [0.3, 0.4) is 0 Å². The molecule has 0 heterocycles. The standard InChI is InChI=1S/C4H3BF8/c5-1(3(8,9)10)2(6,7)4(11,12)13/h1H,5H2. The molecule has 0 N–H and O–H groups in total. The van der Waals surface area contributed by atoms with Gasteiger partial charge in [0.1, 0.15) is 7.85 Å². The highest BCUT2D eigenvalue weighted by atomic mass is 19.4. The Morgan fingerprint density at radius 1 is 0.769 bits per heavy atom. The minimum atomic E-state index is -6.18. The molecule has 0 aliphatic heterocycles. The van der Waals surface area contributed by atoms with Crippen molar-refractivity contribution in [1.82, 2.24) is 0 Å². The van der Waals surface area contributed by atoms with Crippen LogP contribution < -0.4 is 0 Å². The summed E-state index contributed by atoms with van der Waals surface area (Å²) in [6, 6.07) is 0. The molecule has 0 aromatic heterocycles. The van der Waals surface area contributed by atoms with Crippen LogP contribution in [0.4, 0.5) is 35.1 Å². The molecule has 0 aliphatic carbocycles. The summed E-state index contributed by atoms with van der Waals surface area (Å²) in [4.78, 5) is 0. The zero-order chi connectivity index (χ0) is 11.1. The van der Waals surface area contributed by atoms with Crippen molar-refractivity contribution in [2.24, 2.45) is 0 Å². The van der Waals surface area contributed by atoms with Crippen LogP contribution in [-0.4, -0.2) is 26.1 Å². The highest BCUT2D eigenvalue weighted by Gasteiger charge is 2.67. The van der Waals surface area contributed by atoms with Gasteiger partial charge < -0.3 is 0 Å². The molecule has 0 bridgehead atoms. The first kappa shape index (κ1) is 12.5. The predicted octanol–water partition coefficient (Wildman–Crippen LogP) is 2.17. The molecule has 0 rings (SSSR count). The number of halogens is 8. The summed E-state index contributed by atoms with van der Waals surface area (Å²) in [6.45, 7) is 0. The van der Waals surface area contributed by atoms with E-state index < -0.39 is 24.1 Å². The summed E-state index contributed by atoms with van der Waals surface area (Å²) in [5.74, 6) is -9.48. The van der Waals surface area contributed by atoms with E-state index in [0.29, 0.717) is 0 Å². The van der Waals surface area contributed by atoms with E-state index in [-0.39, 0.29) is 7.85 Å². The van der Waals surface area contributed by atoms with E-state index in [4.69, 9.17) is 0 Å². The second-order valence-electron chi connectivity index (χ2n) is 2.38. The van der Waals surface area contributed by atoms with Crippen molar-refractivity contribution in [3.8, 4) is 0 Å². The lowest BCUT2D eigenvalue weighted by Gasteiger charge is -2.27. The Morgan fingerprint density at radius 3 is 1.15 bits per heavy atom. The van der Waals surface area contributed by atoms with Gasteiger partial charge in [-0.25, -0.2) is 0 Å². The van der Waals surface area contributed by atoms with Crippen molar-refractivity contribution in [3.63, 3.8) is 0 Å². The van der Waals surface area contributed by atoms with Crippen LogP contribution in [0.1, 0.15) is 0 Å². The predicted molar refractivity (Wildman–Crippen MR) is 29.4 cm³/mol. The third kappa shape index (κ3) is 2.47. The minimum absolute atomic E-state index is 0.215. The maximum absolute atomic E-state index is 12.0. The molecule has 0 spiro atoms. The number of hydrogen-bond acceptors (Lipinski definition) is 0. The van der Waals surface area contributed by atoms with Crippen molar-refractivity contribution in [1.29, 1.82) is 0 Å². The molecule has 13 heavy (non-hydrogen) atoms. The lowest BCUT2D eigenvalue weighted by molar-refractivity contribution is -0.312. The summed E-state index contributed by atoms with van der Waals surface area (Å²) in [5.41, 5.74) is 0. The van der Waals surface area contributed by atoms with E-state index in [1.165, 1.54) is 0 Å². The van der Waals surface area contributed by atoms with E-state index in [1.54, 1.807) is 0 Å². The molecular formula is C4H3BF8. The third-order valence-electron chi connectivity index (χ3n) is 1.41. The molecule has 1 unspecified atom stereocenters. The second-order valence-corrected chi connectivity index (χ2v) is 2.38. The van der Waals surface area contributed by atoms with Crippen LogP contribution in [0.2, 0.25) is 5.82 Å². The maximum atomic E-state index is 12.0. The molecule has 9 heteroatoms. The maximum Gasteiger partial charge on any atom is 0.453 e. The number of hydrogen-bond donors (Lipinski definition) is 0. The van der Waals surface area contributed by atoms with Gasteiger partial charge in [-0.05, 0) is 0 Å². The molecule has 0 aromatic carbocycles. The van der Waals surface area contributed by atoms with Crippen molar-refractivity contribution in [2.45, 2.75) is 24.1 Å². The van der Waals surface area contributed by atoms with E-state index in [0.717, 1.165) is 0 Å². The summed E-state index contributed by atoms with van der Waals surface area (Å²) >= 11 is 0. The van der Waals surface area contributed by atoms with Crippen LogP contribution >= 0.6 is 0 Å². The molecule has 1 atom stereocenters. The van der Waals surface area contributed by atoms with E-state index in [9.17, 15) is 35.1 Å². The summed E-state index contributed by atoms with van der Waals surface area (Å²) in [5, 5.41) is 0. The highest BCUT2D eigenvalue weighted by Crippen LogP contribution is 2.49. The van der Waals surface area contributed by atoms with Gasteiger partial charge in [-0.1, -0.05) is 0 Å². The van der Waals surface area contributed by atoms with Crippen LogP contribution in [0, 0.1) is 0 Å². The van der Waals surface area contributed by atoms with E-state index in [1.807, 2.05) is 0 Å². The molecule has 0 saturated carbocycles. The Balaban J connectivity index is 4.86. The molecule has 0 aromatic rings. The van der Waals surface area contributed by atoms with Crippen molar-refractivity contribution in [2.75, 3.05) is 0 Å². The Labute approximate surface area is 68.3 Å². The molecule has 0 amide bonds.